The summed E-state index contributed by atoms with van der Waals surface area (Å²) < 4.78 is 5.38. The van der Waals surface area contributed by atoms with Crippen LogP contribution in [-0.2, 0) is 11.3 Å². The maximum absolute atomic E-state index is 12.1. The van der Waals surface area contributed by atoms with E-state index in [4.69, 9.17) is 10.5 Å². The lowest BCUT2D eigenvalue weighted by molar-refractivity contribution is -0.135. The largest absolute Gasteiger partial charge is 0.496 e. The number of methoxy groups -OCH3 is 1. The molecule has 0 heterocycles. The number of rotatable bonds is 4. The van der Waals surface area contributed by atoms with Crippen molar-refractivity contribution in [2.45, 2.75) is 39.8 Å². The molecule has 0 aliphatic carbocycles. The standard InChI is InChI=1S/C15H24N2O2/c1-10-7-12(13(19-6)8-11(10)2)9-17(5)14(18)15(3,4)16/h7-8H,9,16H2,1-6H3. The quantitative estimate of drug-likeness (QED) is 0.905. The number of ether oxygens (including phenoxy) is 1. The number of benzene rings is 1. The Morgan fingerprint density at radius 2 is 1.84 bits per heavy atom. The third-order valence-electron chi connectivity index (χ3n) is 3.20. The number of nitrogens with zero attached hydrogens (tertiary/aromatic N) is 1. The number of likely N-dealkylation sites (N-methyl/N-ethyl adjacent to an activating group) is 1. The van der Waals surface area contributed by atoms with Gasteiger partial charge in [-0.1, -0.05) is 6.07 Å². The van der Waals surface area contributed by atoms with Crippen molar-refractivity contribution >= 4 is 5.91 Å². The summed E-state index contributed by atoms with van der Waals surface area (Å²) in [4.78, 5) is 13.7. The number of hydrogen-bond acceptors (Lipinski definition) is 3. The number of amides is 1. The fourth-order valence-corrected chi connectivity index (χ4v) is 1.98. The van der Waals surface area contributed by atoms with Crippen molar-refractivity contribution in [3.8, 4) is 5.75 Å². The van der Waals surface area contributed by atoms with Gasteiger partial charge in [0, 0.05) is 19.2 Å². The highest BCUT2D eigenvalue weighted by Gasteiger charge is 2.26. The van der Waals surface area contributed by atoms with Crippen molar-refractivity contribution in [3.05, 3.63) is 28.8 Å². The molecule has 2 N–H and O–H groups in total. The van der Waals surface area contributed by atoms with Crippen molar-refractivity contribution in [1.82, 2.24) is 4.90 Å². The van der Waals surface area contributed by atoms with Gasteiger partial charge < -0.3 is 15.4 Å². The van der Waals surface area contributed by atoms with Gasteiger partial charge in [-0.15, -0.1) is 0 Å². The Labute approximate surface area is 115 Å². The predicted molar refractivity (Wildman–Crippen MR) is 77.2 cm³/mol. The second-order valence-corrected chi connectivity index (χ2v) is 5.63. The van der Waals surface area contributed by atoms with E-state index in [-0.39, 0.29) is 5.91 Å². The minimum Gasteiger partial charge on any atom is -0.496 e. The molecule has 0 unspecified atom stereocenters. The third-order valence-corrected chi connectivity index (χ3v) is 3.20. The van der Waals surface area contributed by atoms with E-state index in [1.54, 1.807) is 32.9 Å². The zero-order valence-corrected chi connectivity index (χ0v) is 12.7. The summed E-state index contributed by atoms with van der Waals surface area (Å²) in [6.45, 7) is 8.00. The first kappa shape index (κ1) is 15.5. The molecule has 0 bridgehead atoms. The van der Waals surface area contributed by atoms with Gasteiger partial charge in [0.1, 0.15) is 5.75 Å². The van der Waals surface area contributed by atoms with Crippen LogP contribution in [0.4, 0.5) is 0 Å². The minimum absolute atomic E-state index is 0.0900. The Kier molecular flexibility index (Phi) is 4.58. The highest BCUT2D eigenvalue weighted by Crippen LogP contribution is 2.24. The lowest BCUT2D eigenvalue weighted by Gasteiger charge is -2.26. The second kappa shape index (κ2) is 5.61. The molecule has 0 fully saturated rings. The lowest BCUT2D eigenvalue weighted by Crippen LogP contribution is -2.49. The van der Waals surface area contributed by atoms with Crippen LogP contribution in [0.3, 0.4) is 0 Å². The maximum atomic E-state index is 12.1. The third kappa shape index (κ3) is 3.70. The molecule has 1 rings (SSSR count). The van der Waals surface area contributed by atoms with Gasteiger partial charge in [-0.25, -0.2) is 0 Å². The molecule has 19 heavy (non-hydrogen) atoms. The molecule has 0 aliphatic rings. The maximum Gasteiger partial charge on any atom is 0.242 e. The summed E-state index contributed by atoms with van der Waals surface area (Å²) in [6, 6.07) is 4.05. The topological polar surface area (TPSA) is 55.6 Å². The van der Waals surface area contributed by atoms with Crippen LogP contribution >= 0.6 is 0 Å². The summed E-state index contributed by atoms with van der Waals surface area (Å²) in [6.07, 6.45) is 0. The molecular formula is C15H24N2O2. The normalized spacial score (nSPS) is 11.3. The van der Waals surface area contributed by atoms with Gasteiger partial charge in [-0.3, -0.25) is 4.79 Å². The van der Waals surface area contributed by atoms with Crippen molar-refractivity contribution in [2.75, 3.05) is 14.2 Å². The zero-order valence-electron chi connectivity index (χ0n) is 12.7. The first-order valence-corrected chi connectivity index (χ1v) is 6.35. The number of hydrogen-bond donors (Lipinski definition) is 1. The van der Waals surface area contributed by atoms with E-state index >= 15 is 0 Å². The zero-order chi connectivity index (χ0) is 14.8. The molecule has 0 aromatic heterocycles. The van der Waals surface area contributed by atoms with E-state index in [1.165, 1.54) is 11.1 Å². The average molecular weight is 264 g/mol. The molecule has 0 saturated carbocycles. The summed E-state index contributed by atoms with van der Waals surface area (Å²) in [5.74, 6) is 0.713. The van der Waals surface area contributed by atoms with Crippen molar-refractivity contribution in [1.29, 1.82) is 0 Å². The molecular weight excluding hydrogens is 240 g/mol. The van der Waals surface area contributed by atoms with Gasteiger partial charge in [0.2, 0.25) is 5.91 Å². The van der Waals surface area contributed by atoms with Crippen LogP contribution in [0.25, 0.3) is 0 Å². The van der Waals surface area contributed by atoms with Gasteiger partial charge in [0.25, 0.3) is 0 Å². The first-order chi connectivity index (χ1) is 8.66. The fraction of sp³-hybridized carbons (Fsp3) is 0.533. The lowest BCUT2D eigenvalue weighted by atomic mass is 10.0. The number of carbonyl (C=O) groups is 1. The van der Waals surface area contributed by atoms with Gasteiger partial charge in [-0.05, 0) is 44.9 Å². The van der Waals surface area contributed by atoms with Crippen LogP contribution < -0.4 is 10.5 Å². The van der Waals surface area contributed by atoms with E-state index < -0.39 is 5.54 Å². The highest BCUT2D eigenvalue weighted by molar-refractivity contribution is 5.85. The van der Waals surface area contributed by atoms with E-state index in [9.17, 15) is 4.79 Å². The summed E-state index contributed by atoms with van der Waals surface area (Å²) >= 11 is 0. The Morgan fingerprint density at radius 1 is 1.32 bits per heavy atom. The van der Waals surface area contributed by atoms with E-state index in [0.29, 0.717) is 6.54 Å². The first-order valence-electron chi connectivity index (χ1n) is 6.35. The van der Waals surface area contributed by atoms with Crippen LogP contribution in [0.15, 0.2) is 12.1 Å². The molecule has 0 radical (unpaired) electrons. The van der Waals surface area contributed by atoms with E-state index in [2.05, 4.69) is 6.07 Å². The molecule has 4 nitrogen and oxygen atoms in total. The van der Waals surface area contributed by atoms with Crippen LogP contribution in [0.2, 0.25) is 0 Å². The fourth-order valence-electron chi connectivity index (χ4n) is 1.98. The molecule has 0 atom stereocenters. The van der Waals surface area contributed by atoms with Crippen LogP contribution in [0, 0.1) is 13.8 Å². The Morgan fingerprint density at radius 3 is 2.32 bits per heavy atom. The second-order valence-electron chi connectivity index (χ2n) is 5.63. The summed E-state index contributed by atoms with van der Waals surface area (Å²) in [5.41, 5.74) is 8.33. The number of nitrogens with two attached hydrogens (primary N) is 1. The minimum atomic E-state index is -0.859. The smallest absolute Gasteiger partial charge is 0.242 e. The molecule has 0 saturated heterocycles. The Hall–Kier alpha value is -1.55. The van der Waals surface area contributed by atoms with Gasteiger partial charge >= 0.3 is 0 Å². The van der Waals surface area contributed by atoms with E-state index in [1.807, 2.05) is 19.9 Å². The molecule has 1 amide bonds. The molecule has 0 spiro atoms. The molecule has 1 aromatic carbocycles. The SMILES string of the molecule is COc1cc(C)c(C)cc1CN(C)C(=O)C(C)(C)N. The van der Waals surface area contributed by atoms with Crippen molar-refractivity contribution < 1.29 is 9.53 Å². The monoisotopic (exact) mass is 264 g/mol. The number of carbonyl (C=O) groups excluding carboxylic acids is 1. The summed E-state index contributed by atoms with van der Waals surface area (Å²) in [5, 5.41) is 0. The Bertz CT molecular complexity index is 476. The van der Waals surface area contributed by atoms with Crippen LogP contribution in [0.5, 0.6) is 5.75 Å². The van der Waals surface area contributed by atoms with Crippen LogP contribution in [-0.4, -0.2) is 30.5 Å². The molecule has 1 aromatic rings. The molecule has 106 valence electrons. The molecule has 4 heteroatoms. The average Bonchev–Trinajstić information content (AvgIpc) is 2.31. The predicted octanol–water partition coefficient (Wildman–Crippen LogP) is 2.01. The molecule has 0 aliphatic heterocycles. The highest BCUT2D eigenvalue weighted by atomic mass is 16.5. The van der Waals surface area contributed by atoms with Gasteiger partial charge in [-0.2, -0.15) is 0 Å². The van der Waals surface area contributed by atoms with E-state index in [0.717, 1.165) is 11.3 Å². The summed E-state index contributed by atoms with van der Waals surface area (Å²) in [7, 11) is 3.40. The number of aryl methyl sites for hydroxylation is 2. The van der Waals surface area contributed by atoms with Crippen molar-refractivity contribution in [3.63, 3.8) is 0 Å². The van der Waals surface area contributed by atoms with Gasteiger partial charge in [0.05, 0.1) is 12.6 Å². The Balaban J connectivity index is 2.99. The van der Waals surface area contributed by atoms with Gasteiger partial charge in [0.15, 0.2) is 0 Å². The van der Waals surface area contributed by atoms with Crippen LogP contribution in [0.1, 0.15) is 30.5 Å². The van der Waals surface area contributed by atoms with Crippen molar-refractivity contribution in [2.24, 2.45) is 5.73 Å².